The molecule has 0 saturated heterocycles. The van der Waals surface area contributed by atoms with Gasteiger partial charge in [0.25, 0.3) is 5.91 Å². The number of carbonyl (C=O) groups excluding carboxylic acids is 1. The van der Waals surface area contributed by atoms with Crippen molar-refractivity contribution in [3.05, 3.63) is 30.1 Å². The van der Waals surface area contributed by atoms with Gasteiger partial charge >= 0.3 is 0 Å². The summed E-state index contributed by atoms with van der Waals surface area (Å²) in [7, 11) is 0. The van der Waals surface area contributed by atoms with E-state index in [0.29, 0.717) is 17.5 Å². The van der Waals surface area contributed by atoms with Crippen molar-refractivity contribution < 1.29 is 4.79 Å². The van der Waals surface area contributed by atoms with Crippen LogP contribution in [0.1, 0.15) is 88.9 Å². The normalized spacial score (nSPS) is 12.7. The average molecular weight is 391 g/mol. The molecule has 0 aliphatic rings. The molecule has 0 fully saturated rings. The lowest BCUT2D eigenvalue weighted by molar-refractivity contribution is 0.0950. The Balaban J connectivity index is 1.87. The number of hydrogen-bond donors (Lipinski definition) is 3. The van der Waals surface area contributed by atoms with Gasteiger partial charge in [-0.15, -0.1) is 0 Å². The number of nitrogens with zero attached hydrogens (tertiary/aromatic N) is 1. The predicted octanol–water partition coefficient (Wildman–Crippen LogP) is 4.29. The molecule has 1 aromatic rings. The van der Waals surface area contributed by atoms with Crippen LogP contribution in [0.5, 0.6) is 0 Å². The van der Waals surface area contributed by atoms with Crippen molar-refractivity contribution in [2.75, 3.05) is 19.6 Å². The van der Waals surface area contributed by atoms with E-state index in [9.17, 15) is 4.79 Å². The zero-order valence-corrected chi connectivity index (χ0v) is 18.3. The maximum atomic E-state index is 11.9. The number of rotatable bonds is 15. The number of carbonyl (C=O) groups is 1. The zero-order chi connectivity index (χ0) is 20.7. The van der Waals surface area contributed by atoms with Crippen LogP contribution in [0.25, 0.3) is 0 Å². The van der Waals surface area contributed by atoms with Gasteiger partial charge in [-0.25, -0.2) is 0 Å². The molecule has 1 unspecified atom stereocenters. The molecule has 160 valence electrons. The second-order valence-electron chi connectivity index (χ2n) is 9.07. The first-order chi connectivity index (χ1) is 13.4. The van der Waals surface area contributed by atoms with E-state index in [2.05, 4.69) is 36.4 Å². The number of pyridine rings is 1. The Morgan fingerprint density at radius 1 is 1.07 bits per heavy atom. The summed E-state index contributed by atoms with van der Waals surface area (Å²) in [6, 6.07) is 3.55. The van der Waals surface area contributed by atoms with Gasteiger partial charge in [-0.05, 0) is 43.5 Å². The Morgan fingerprint density at radius 3 is 2.32 bits per heavy atom. The smallest absolute Gasteiger partial charge is 0.252 e. The van der Waals surface area contributed by atoms with Gasteiger partial charge in [0.15, 0.2) is 0 Å². The van der Waals surface area contributed by atoms with Crippen molar-refractivity contribution in [2.24, 2.45) is 11.1 Å². The predicted molar refractivity (Wildman–Crippen MR) is 118 cm³/mol. The Labute approximate surface area is 172 Å². The SMILES string of the molecule is CC(C)(C)CNCCCCCCCCCCC(N)CNC(=O)c1cccnc1. The van der Waals surface area contributed by atoms with Crippen molar-refractivity contribution in [1.29, 1.82) is 0 Å². The lowest BCUT2D eigenvalue weighted by atomic mass is 9.97. The summed E-state index contributed by atoms with van der Waals surface area (Å²) in [5.41, 5.74) is 7.08. The van der Waals surface area contributed by atoms with Gasteiger partial charge < -0.3 is 16.4 Å². The highest BCUT2D eigenvalue weighted by Crippen LogP contribution is 2.12. The number of unbranched alkanes of at least 4 members (excludes halogenated alkanes) is 7. The van der Waals surface area contributed by atoms with Gasteiger partial charge in [0.05, 0.1) is 5.56 Å². The van der Waals surface area contributed by atoms with Gasteiger partial charge in [0.2, 0.25) is 0 Å². The third-order valence-electron chi connectivity index (χ3n) is 4.78. The molecule has 1 aromatic heterocycles. The molecule has 0 aliphatic heterocycles. The average Bonchev–Trinajstić information content (AvgIpc) is 2.66. The minimum absolute atomic E-state index is 0.0289. The van der Waals surface area contributed by atoms with Crippen molar-refractivity contribution in [3.63, 3.8) is 0 Å². The van der Waals surface area contributed by atoms with Crippen LogP contribution in [0.15, 0.2) is 24.5 Å². The highest BCUT2D eigenvalue weighted by molar-refractivity contribution is 5.93. The van der Waals surface area contributed by atoms with Gasteiger partial charge in [-0.3, -0.25) is 9.78 Å². The minimum atomic E-state index is -0.0999. The molecule has 28 heavy (non-hydrogen) atoms. The Bertz CT molecular complexity index is 513. The molecule has 5 heteroatoms. The summed E-state index contributed by atoms with van der Waals surface area (Å²) in [6.07, 6.45) is 14.5. The van der Waals surface area contributed by atoms with E-state index >= 15 is 0 Å². The van der Waals surface area contributed by atoms with Crippen LogP contribution in [-0.2, 0) is 0 Å². The molecule has 4 N–H and O–H groups in total. The molecule has 1 heterocycles. The molecule has 0 aliphatic carbocycles. The van der Waals surface area contributed by atoms with Crippen LogP contribution >= 0.6 is 0 Å². The van der Waals surface area contributed by atoms with Crippen molar-refractivity contribution in [1.82, 2.24) is 15.6 Å². The summed E-state index contributed by atoms with van der Waals surface area (Å²) in [4.78, 5) is 15.9. The molecule has 0 aromatic carbocycles. The molecule has 0 saturated carbocycles. The van der Waals surface area contributed by atoms with Crippen molar-refractivity contribution in [3.8, 4) is 0 Å². The van der Waals surface area contributed by atoms with Crippen LogP contribution < -0.4 is 16.4 Å². The lowest BCUT2D eigenvalue weighted by Crippen LogP contribution is -2.37. The second-order valence-corrected chi connectivity index (χ2v) is 9.07. The van der Waals surface area contributed by atoms with Gasteiger partial charge in [0.1, 0.15) is 0 Å². The van der Waals surface area contributed by atoms with E-state index < -0.39 is 0 Å². The quantitative estimate of drug-likeness (QED) is 0.390. The molecule has 5 nitrogen and oxygen atoms in total. The summed E-state index contributed by atoms with van der Waals surface area (Å²) in [6.45, 7) is 9.58. The Morgan fingerprint density at radius 2 is 1.71 bits per heavy atom. The monoisotopic (exact) mass is 390 g/mol. The largest absolute Gasteiger partial charge is 0.350 e. The van der Waals surface area contributed by atoms with E-state index in [-0.39, 0.29) is 11.9 Å². The van der Waals surface area contributed by atoms with E-state index in [1.165, 1.54) is 44.9 Å². The van der Waals surface area contributed by atoms with Crippen molar-refractivity contribution in [2.45, 2.75) is 84.6 Å². The van der Waals surface area contributed by atoms with Gasteiger partial charge in [0, 0.05) is 25.0 Å². The second kappa shape index (κ2) is 14.5. The van der Waals surface area contributed by atoms with E-state index in [1.54, 1.807) is 24.5 Å². The first-order valence-corrected chi connectivity index (χ1v) is 11.0. The number of nitrogens with one attached hydrogen (secondary N) is 2. The summed E-state index contributed by atoms with van der Waals surface area (Å²) < 4.78 is 0. The van der Waals surface area contributed by atoms with Crippen LogP contribution in [0, 0.1) is 5.41 Å². The van der Waals surface area contributed by atoms with Crippen LogP contribution in [-0.4, -0.2) is 36.6 Å². The number of amides is 1. The molecule has 0 spiro atoms. The molecular formula is C23H42N4O. The molecule has 1 rings (SSSR count). The number of aromatic nitrogens is 1. The molecule has 1 atom stereocenters. The third kappa shape index (κ3) is 13.7. The molecule has 1 amide bonds. The summed E-state index contributed by atoms with van der Waals surface area (Å²) in [5.74, 6) is -0.0999. The fourth-order valence-electron chi connectivity index (χ4n) is 3.11. The fourth-order valence-corrected chi connectivity index (χ4v) is 3.11. The maximum absolute atomic E-state index is 11.9. The maximum Gasteiger partial charge on any atom is 0.252 e. The van der Waals surface area contributed by atoms with E-state index in [4.69, 9.17) is 5.73 Å². The van der Waals surface area contributed by atoms with E-state index in [1.807, 2.05) is 0 Å². The minimum Gasteiger partial charge on any atom is -0.350 e. The van der Waals surface area contributed by atoms with Crippen LogP contribution in [0.3, 0.4) is 0 Å². The van der Waals surface area contributed by atoms with Gasteiger partial charge in [-0.1, -0.05) is 65.7 Å². The van der Waals surface area contributed by atoms with Crippen molar-refractivity contribution >= 4 is 5.91 Å². The molecule has 0 bridgehead atoms. The summed E-state index contributed by atoms with van der Waals surface area (Å²) in [5, 5.41) is 6.43. The highest BCUT2D eigenvalue weighted by atomic mass is 16.1. The van der Waals surface area contributed by atoms with Crippen LogP contribution in [0.4, 0.5) is 0 Å². The highest BCUT2D eigenvalue weighted by Gasteiger charge is 2.09. The summed E-state index contributed by atoms with van der Waals surface area (Å²) >= 11 is 0. The first-order valence-electron chi connectivity index (χ1n) is 11.0. The topological polar surface area (TPSA) is 80.0 Å². The number of hydrogen-bond acceptors (Lipinski definition) is 4. The fraction of sp³-hybridized carbons (Fsp3) is 0.739. The third-order valence-corrected chi connectivity index (χ3v) is 4.78. The van der Waals surface area contributed by atoms with E-state index in [0.717, 1.165) is 25.9 Å². The van der Waals surface area contributed by atoms with Crippen LogP contribution in [0.2, 0.25) is 0 Å². The zero-order valence-electron chi connectivity index (χ0n) is 18.3. The Kier molecular flexibility index (Phi) is 12.8. The lowest BCUT2D eigenvalue weighted by Gasteiger charge is -2.18. The molecule has 0 radical (unpaired) electrons. The first kappa shape index (κ1) is 24.6. The number of nitrogens with two attached hydrogens (primary N) is 1. The van der Waals surface area contributed by atoms with Gasteiger partial charge in [-0.2, -0.15) is 0 Å². The Hall–Kier alpha value is -1.46. The standard InChI is InChI=1S/C23H42N4O/c1-23(2,3)19-26-15-11-9-7-5-4-6-8-10-14-21(24)18-27-22(28)20-13-12-16-25-17-20/h12-13,16-17,21,26H,4-11,14-15,18-19,24H2,1-3H3,(H,27,28). The molecular weight excluding hydrogens is 348 g/mol.